The number of hydrogen-bond donors (Lipinski definition) is 1. The molecule has 0 radical (unpaired) electrons. The second-order valence-corrected chi connectivity index (χ2v) is 8.23. The van der Waals surface area contributed by atoms with Crippen molar-refractivity contribution in [1.29, 1.82) is 0 Å². The van der Waals surface area contributed by atoms with Gasteiger partial charge in [-0.05, 0) is 38.5 Å². The van der Waals surface area contributed by atoms with Crippen LogP contribution in [0.4, 0.5) is 0 Å². The zero-order valence-corrected chi connectivity index (χ0v) is 15.1. The van der Waals surface area contributed by atoms with Gasteiger partial charge >= 0.3 is 5.97 Å². The number of carbonyl (C=O) groups excluding carboxylic acids is 1. The summed E-state index contributed by atoms with van der Waals surface area (Å²) in [5.74, 6) is -1.19. The lowest BCUT2D eigenvalue weighted by molar-refractivity contribution is -0.264. The number of aliphatic hydroxyl groups is 1. The lowest BCUT2D eigenvalue weighted by Crippen LogP contribution is -2.51. The third-order valence-electron chi connectivity index (χ3n) is 6.52. The lowest BCUT2D eigenvalue weighted by atomic mass is 9.77. The van der Waals surface area contributed by atoms with Gasteiger partial charge in [0.25, 0.3) is 0 Å². The van der Waals surface area contributed by atoms with E-state index in [1.807, 2.05) is 0 Å². The van der Waals surface area contributed by atoms with E-state index < -0.39 is 5.79 Å². The molecule has 0 aromatic heterocycles. The molecule has 0 aromatic carbocycles. The molecule has 1 spiro atoms. The van der Waals surface area contributed by atoms with Crippen LogP contribution in [-0.2, 0) is 23.7 Å². The molecular weight excluding hydrogens is 324 g/mol. The Kier molecular flexibility index (Phi) is 4.82. The summed E-state index contributed by atoms with van der Waals surface area (Å²) >= 11 is 0. The molecule has 142 valence electrons. The van der Waals surface area contributed by atoms with Gasteiger partial charge < -0.3 is 24.1 Å². The first-order chi connectivity index (χ1) is 12.0. The van der Waals surface area contributed by atoms with Crippen molar-refractivity contribution in [2.24, 2.45) is 0 Å². The third kappa shape index (κ3) is 3.46. The third-order valence-corrected chi connectivity index (χ3v) is 6.52. The molecule has 2 aliphatic heterocycles. The summed E-state index contributed by atoms with van der Waals surface area (Å²) in [4.78, 5) is 11.6. The number of ether oxygens (including phenoxy) is 4. The maximum atomic E-state index is 11.6. The Morgan fingerprint density at radius 1 is 1.16 bits per heavy atom. The minimum Gasteiger partial charge on any atom is -0.469 e. The predicted octanol–water partition coefficient (Wildman–Crippen LogP) is 2.46. The molecule has 5 atom stereocenters. The average molecular weight is 354 g/mol. The summed E-state index contributed by atoms with van der Waals surface area (Å²) in [5, 5.41) is 10.7. The molecule has 4 aliphatic rings. The highest BCUT2D eigenvalue weighted by Gasteiger charge is 2.58. The van der Waals surface area contributed by atoms with E-state index in [0.29, 0.717) is 6.42 Å². The first kappa shape index (κ1) is 17.7. The van der Waals surface area contributed by atoms with E-state index in [1.54, 1.807) is 0 Å². The van der Waals surface area contributed by atoms with Crippen LogP contribution in [0.1, 0.15) is 70.6 Å². The Labute approximate surface area is 149 Å². The maximum Gasteiger partial charge on any atom is 0.308 e. The van der Waals surface area contributed by atoms with E-state index in [0.717, 1.165) is 57.8 Å². The molecule has 1 N–H and O–H groups in total. The highest BCUT2D eigenvalue weighted by atomic mass is 16.7. The van der Waals surface area contributed by atoms with Crippen molar-refractivity contribution in [3.8, 4) is 0 Å². The first-order valence-electron chi connectivity index (χ1n) is 9.82. The van der Waals surface area contributed by atoms with E-state index in [1.165, 1.54) is 13.5 Å². The van der Waals surface area contributed by atoms with Crippen LogP contribution >= 0.6 is 0 Å². The Morgan fingerprint density at radius 2 is 1.96 bits per heavy atom. The van der Waals surface area contributed by atoms with Gasteiger partial charge in [0, 0.05) is 19.3 Å². The fourth-order valence-corrected chi connectivity index (χ4v) is 5.20. The predicted molar refractivity (Wildman–Crippen MR) is 88.9 cm³/mol. The van der Waals surface area contributed by atoms with Crippen molar-refractivity contribution >= 4 is 5.97 Å². The van der Waals surface area contributed by atoms with Crippen LogP contribution in [0.5, 0.6) is 0 Å². The smallest absolute Gasteiger partial charge is 0.308 e. The molecule has 25 heavy (non-hydrogen) atoms. The number of methoxy groups -OCH3 is 1. The number of rotatable bonds is 4. The van der Waals surface area contributed by atoms with Gasteiger partial charge in [-0.3, -0.25) is 4.79 Å². The van der Waals surface area contributed by atoms with Crippen molar-refractivity contribution in [2.75, 3.05) is 7.11 Å². The van der Waals surface area contributed by atoms with Gasteiger partial charge in [0.05, 0.1) is 43.5 Å². The molecule has 0 amide bonds. The summed E-state index contributed by atoms with van der Waals surface area (Å²) in [6, 6.07) is 0. The van der Waals surface area contributed by atoms with E-state index in [4.69, 9.17) is 18.9 Å². The van der Waals surface area contributed by atoms with Crippen molar-refractivity contribution < 1.29 is 28.8 Å². The van der Waals surface area contributed by atoms with E-state index in [-0.39, 0.29) is 36.0 Å². The summed E-state index contributed by atoms with van der Waals surface area (Å²) in [7, 11) is 1.42. The quantitative estimate of drug-likeness (QED) is 0.617. The van der Waals surface area contributed by atoms with Gasteiger partial charge in [-0.25, -0.2) is 0 Å². The van der Waals surface area contributed by atoms with Crippen molar-refractivity contribution in [2.45, 2.75) is 106 Å². The Morgan fingerprint density at radius 3 is 2.72 bits per heavy atom. The van der Waals surface area contributed by atoms with Gasteiger partial charge in [-0.1, -0.05) is 6.42 Å². The van der Waals surface area contributed by atoms with Crippen LogP contribution < -0.4 is 0 Å². The van der Waals surface area contributed by atoms with Crippen LogP contribution in [0.3, 0.4) is 0 Å². The van der Waals surface area contributed by atoms with Crippen LogP contribution in [0.15, 0.2) is 0 Å². The molecule has 2 bridgehead atoms. The molecule has 2 saturated carbocycles. The monoisotopic (exact) mass is 354 g/mol. The summed E-state index contributed by atoms with van der Waals surface area (Å²) in [5.41, 5.74) is -0.281. The van der Waals surface area contributed by atoms with Crippen LogP contribution in [0.2, 0.25) is 0 Å². The lowest BCUT2D eigenvalue weighted by Gasteiger charge is -2.44. The number of fused-ring (bicyclic) bond motifs is 1. The van der Waals surface area contributed by atoms with Crippen molar-refractivity contribution in [1.82, 2.24) is 0 Å². The molecule has 4 fully saturated rings. The fraction of sp³-hybridized carbons (Fsp3) is 0.947. The Balaban J connectivity index is 1.39. The highest BCUT2D eigenvalue weighted by molar-refractivity contribution is 5.69. The molecule has 2 saturated heterocycles. The topological polar surface area (TPSA) is 74.2 Å². The second kappa shape index (κ2) is 6.80. The van der Waals surface area contributed by atoms with Gasteiger partial charge in [0.1, 0.15) is 0 Å². The van der Waals surface area contributed by atoms with Crippen molar-refractivity contribution in [3.05, 3.63) is 0 Å². The average Bonchev–Trinajstić information content (AvgIpc) is 2.91. The molecule has 2 heterocycles. The SMILES string of the molecule is COC(=O)CC1CC[C@@H]2OC3C[C@]2(CC[C@H]3OC2(O)CCCCC2)O1. The van der Waals surface area contributed by atoms with Crippen LogP contribution in [-0.4, -0.2) is 54.0 Å². The summed E-state index contributed by atoms with van der Waals surface area (Å²) < 4.78 is 23.6. The van der Waals surface area contributed by atoms with Gasteiger partial charge in [0.2, 0.25) is 0 Å². The number of hydrogen-bond acceptors (Lipinski definition) is 6. The molecule has 6 nitrogen and oxygen atoms in total. The zero-order valence-electron chi connectivity index (χ0n) is 15.1. The molecule has 6 heteroatoms. The second-order valence-electron chi connectivity index (χ2n) is 8.23. The standard InChI is InChI=1S/C19H30O6/c1-22-17(20)11-13-5-6-16-18(24-13)10-7-14(15(12-18)23-16)25-19(21)8-3-2-4-9-19/h13-16,21H,2-12H2,1H3/t13?,14-,15?,16+,18+/m1/s1. The van der Waals surface area contributed by atoms with Gasteiger partial charge in [-0.2, -0.15) is 0 Å². The zero-order chi connectivity index (χ0) is 17.5. The van der Waals surface area contributed by atoms with E-state index in [2.05, 4.69) is 0 Å². The van der Waals surface area contributed by atoms with Gasteiger partial charge in [-0.15, -0.1) is 0 Å². The molecule has 2 aliphatic carbocycles. The number of carbonyl (C=O) groups is 1. The van der Waals surface area contributed by atoms with Crippen LogP contribution in [0, 0.1) is 0 Å². The molecule has 4 rings (SSSR count). The number of esters is 1. The minimum absolute atomic E-state index is 0.0124. The minimum atomic E-state index is -0.973. The Hall–Kier alpha value is -0.690. The normalized spacial score (nSPS) is 42.6. The summed E-state index contributed by atoms with van der Waals surface area (Å²) in [6.45, 7) is 0. The van der Waals surface area contributed by atoms with Crippen molar-refractivity contribution in [3.63, 3.8) is 0 Å². The van der Waals surface area contributed by atoms with E-state index >= 15 is 0 Å². The van der Waals surface area contributed by atoms with Crippen LogP contribution in [0.25, 0.3) is 0 Å². The largest absolute Gasteiger partial charge is 0.469 e. The fourth-order valence-electron chi connectivity index (χ4n) is 5.20. The van der Waals surface area contributed by atoms with E-state index in [9.17, 15) is 9.90 Å². The molecular formula is C19H30O6. The molecule has 2 unspecified atom stereocenters. The summed E-state index contributed by atoms with van der Waals surface area (Å²) in [6.07, 6.45) is 9.18. The highest BCUT2D eigenvalue weighted by Crippen LogP contribution is 2.51. The Bertz CT molecular complexity index is 502. The maximum absolute atomic E-state index is 11.6. The first-order valence-corrected chi connectivity index (χ1v) is 9.82. The van der Waals surface area contributed by atoms with Gasteiger partial charge in [0.15, 0.2) is 5.79 Å². The molecule has 0 aromatic rings.